The molecule has 2 atom stereocenters. The number of rotatable bonds is 6. The van der Waals surface area contributed by atoms with Crippen LogP contribution in [-0.4, -0.2) is 60.8 Å². The second-order valence-corrected chi connectivity index (χ2v) is 7.28. The standard InChI is InChI=1S/C17H27N3O3S/c21-17(9-20-6-3-1-2-4-7-20)19-15-5-8-22-11-16(15)23-10-14-12-24-13-18-14/h12-13,15-16H,1-11H2,(H,19,21)/t15-,16-/m1/s1. The summed E-state index contributed by atoms with van der Waals surface area (Å²) in [5, 5.41) is 5.15. The summed E-state index contributed by atoms with van der Waals surface area (Å²) in [5.41, 5.74) is 2.73. The smallest absolute Gasteiger partial charge is 0.234 e. The summed E-state index contributed by atoms with van der Waals surface area (Å²) in [5.74, 6) is 0.103. The van der Waals surface area contributed by atoms with E-state index in [1.54, 1.807) is 16.8 Å². The Labute approximate surface area is 147 Å². The van der Waals surface area contributed by atoms with Crippen LogP contribution in [0.25, 0.3) is 0 Å². The third-order valence-corrected chi connectivity index (χ3v) is 5.28. The Hall–Kier alpha value is -1.02. The first-order valence-electron chi connectivity index (χ1n) is 8.89. The quantitative estimate of drug-likeness (QED) is 0.845. The number of nitrogens with one attached hydrogen (secondary N) is 1. The van der Waals surface area contributed by atoms with Crippen LogP contribution in [0.1, 0.15) is 37.8 Å². The molecule has 3 heterocycles. The van der Waals surface area contributed by atoms with Crippen molar-refractivity contribution in [2.24, 2.45) is 0 Å². The highest BCUT2D eigenvalue weighted by Gasteiger charge is 2.28. The van der Waals surface area contributed by atoms with Gasteiger partial charge in [0.1, 0.15) is 6.10 Å². The van der Waals surface area contributed by atoms with Gasteiger partial charge in [-0.25, -0.2) is 4.98 Å². The molecule has 2 aliphatic heterocycles. The SMILES string of the molecule is O=C(CN1CCCCCC1)N[C@@H]1CCOC[C@H]1OCc1cscn1. The largest absolute Gasteiger partial charge is 0.379 e. The molecule has 0 unspecified atom stereocenters. The lowest BCUT2D eigenvalue weighted by atomic mass is 10.1. The zero-order valence-corrected chi connectivity index (χ0v) is 14.9. The van der Waals surface area contributed by atoms with Crippen molar-refractivity contribution in [1.82, 2.24) is 15.2 Å². The summed E-state index contributed by atoms with van der Waals surface area (Å²) in [7, 11) is 0. The average Bonchev–Trinajstić information content (AvgIpc) is 2.98. The molecule has 0 aromatic carbocycles. The molecule has 2 fully saturated rings. The monoisotopic (exact) mass is 353 g/mol. The van der Waals surface area contributed by atoms with Gasteiger partial charge in [0.25, 0.3) is 0 Å². The minimum Gasteiger partial charge on any atom is -0.379 e. The number of carbonyl (C=O) groups is 1. The van der Waals surface area contributed by atoms with Crippen molar-refractivity contribution in [1.29, 1.82) is 0 Å². The third-order valence-electron chi connectivity index (χ3n) is 4.65. The molecule has 3 rings (SSSR count). The molecule has 1 N–H and O–H groups in total. The maximum atomic E-state index is 12.4. The van der Waals surface area contributed by atoms with Crippen LogP contribution in [-0.2, 0) is 20.9 Å². The van der Waals surface area contributed by atoms with Crippen molar-refractivity contribution < 1.29 is 14.3 Å². The van der Waals surface area contributed by atoms with E-state index in [-0.39, 0.29) is 18.1 Å². The van der Waals surface area contributed by atoms with Gasteiger partial charge < -0.3 is 14.8 Å². The highest BCUT2D eigenvalue weighted by atomic mass is 32.1. The molecule has 6 nitrogen and oxygen atoms in total. The predicted molar refractivity (Wildman–Crippen MR) is 93.0 cm³/mol. The summed E-state index contributed by atoms with van der Waals surface area (Å²) in [6.45, 7) is 4.23. The number of amides is 1. The van der Waals surface area contributed by atoms with Gasteiger partial charge in [-0.3, -0.25) is 9.69 Å². The molecule has 1 amide bonds. The van der Waals surface area contributed by atoms with E-state index in [1.165, 1.54) is 25.7 Å². The number of aromatic nitrogens is 1. The second kappa shape index (κ2) is 9.46. The molecule has 0 radical (unpaired) electrons. The fraction of sp³-hybridized carbons (Fsp3) is 0.765. The lowest BCUT2D eigenvalue weighted by Gasteiger charge is -2.32. The number of likely N-dealkylation sites (tertiary alicyclic amines) is 1. The lowest BCUT2D eigenvalue weighted by Crippen LogP contribution is -2.52. The molecule has 2 saturated heterocycles. The maximum absolute atomic E-state index is 12.4. The van der Waals surface area contributed by atoms with Crippen LogP contribution in [0.5, 0.6) is 0 Å². The van der Waals surface area contributed by atoms with Crippen molar-refractivity contribution in [3.63, 3.8) is 0 Å². The van der Waals surface area contributed by atoms with Crippen molar-refractivity contribution in [3.8, 4) is 0 Å². The lowest BCUT2D eigenvalue weighted by molar-refractivity contribution is -0.127. The van der Waals surface area contributed by atoms with Gasteiger partial charge in [-0.05, 0) is 32.4 Å². The number of thiazole rings is 1. The predicted octanol–water partition coefficient (Wildman–Crippen LogP) is 1.81. The fourth-order valence-corrected chi connectivity index (χ4v) is 3.84. The second-order valence-electron chi connectivity index (χ2n) is 6.56. The van der Waals surface area contributed by atoms with Gasteiger partial charge in [-0.1, -0.05) is 12.8 Å². The number of hydrogen-bond acceptors (Lipinski definition) is 6. The Balaban J connectivity index is 1.46. The van der Waals surface area contributed by atoms with Crippen molar-refractivity contribution in [2.45, 2.75) is 50.9 Å². The highest BCUT2D eigenvalue weighted by Crippen LogP contribution is 2.15. The summed E-state index contributed by atoms with van der Waals surface area (Å²) >= 11 is 1.56. The Bertz CT molecular complexity index is 489. The minimum absolute atomic E-state index is 0.0249. The first-order valence-corrected chi connectivity index (χ1v) is 9.83. The van der Waals surface area contributed by atoms with E-state index < -0.39 is 0 Å². The van der Waals surface area contributed by atoms with Gasteiger partial charge >= 0.3 is 0 Å². The van der Waals surface area contributed by atoms with Crippen LogP contribution in [0.15, 0.2) is 10.9 Å². The summed E-state index contributed by atoms with van der Waals surface area (Å²) in [6.07, 6.45) is 5.66. The normalized spacial score (nSPS) is 26.0. The summed E-state index contributed by atoms with van der Waals surface area (Å²) in [4.78, 5) is 18.9. The van der Waals surface area contributed by atoms with Crippen molar-refractivity contribution in [3.05, 3.63) is 16.6 Å². The minimum atomic E-state index is -0.103. The van der Waals surface area contributed by atoms with Crippen LogP contribution >= 0.6 is 11.3 Å². The number of ether oxygens (including phenoxy) is 2. The molecule has 0 bridgehead atoms. The maximum Gasteiger partial charge on any atom is 0.234 e. The molecule has 0 spiro atoms. The van der Waals surface area contributed by atoms with E-state index in [2.05, 4.69) is 15.2 Å². The molecule has 7 heteroatoms. The van der Waals surface area contributed by atoms with Gasteiger partial charge in [-0.2, -0.15) is 0 Å². The van der Waals surface area contributed by atoms with Gasteiger partial charge in [0, 0.05) is 12.0 Å². The van der Waals surface area contributed by atoms with E-state index >= 15 is 0 Å². The van der Waals surface area contributed by atoms with Gasteiger partial charge in [-0.15, -0.1) is 11.3 Å². The molecule has 0 aliphatic carbocycles. The summed E-state index contributed by atoms with van der Waals surface area (Å²) in [6, 6.07) is 0.0249. The Morgan fingerprint density at radius 1 is 1.38 bits per heavy atom. The zero-order chi connectivity index (χ0) is 16.6. The van der Waals surface area contributed by atoms with Crippen LogP contribution in [0, 0.1) is 0 Å². The average molecular weight is 353 g/mol. The Morgan fingerprint density at radius 3 is 2.96 bits per heavy atom. The summed E-state index contributed by atoms with van der Waals surface area (Å²) < 4.78 is 11.5. The molecule has 1 aromatic rings. The van der Waals surface area contributed by atoms with Gasteiger partial charge in [0.15, 0.2) is 0 Å². The van der Waals surface area contributed by atoms with E-state index in [4.69, 9.17) is 9.47 Å². The van der Waals surface area contributed by atoms with Crippen LogP contribution in [0.4, 0.5) is 0 Å². The zero-order valence-electron chi connectivity index (χ0n) is 14.1. The van der Waals surface area contributed by atoms with Crippen LogP contribution < -0.4 is 5.32 Å². The number of hydrogen-bond donors (Lipinski definition) is 1. The fourth-order valence-electron chi connectivity index (χ4n) is 3.29. The van der Waals surface area contributed by atoms with E-state index in [0.717, 1.165) is 25.2 Å². The molecular weight excluding hydrogens is 326 g/mol. The van der Waals surface area contributed by atoms with Crippen LogP contribution in [0.2, 0.25) is 0 Å². The first kappa shape index (κ1) is 17.8. The van der Waals surface area contributed by atoms with Gasteiger partial charge in [0.2, 0.25) is 5.91 Å². The van der Waals surface area contributed by atoms with E-state index in [1.807, 2.05) is 5.38 Å². The molecule has 24 heavy (non-hydrogen) atoms. The Kier molecular flexibility index (Phi) is 7.01. The van der Waals surface area contributed by atoms with E-state index in [0.29, 0.717) is 26.4 Å². The molecule has 134 valence electrons. The third kappa shape index (κ3) is 5.51. The van der Waals surface area contributed by atoms with Gasteiger partial charge in [0.05, 0.1) is 37.0 Å². The topological polar surface area (TPSA) is 63.7 Å². The Morgan fingerprint density at radius 2 is 2.21 bits per heavy atom. The molecule has 1 aromatic heterocycles. The van der Waals surface area contributed by atoms with E-state index in [9.17, 15) is 4.79 Å². The van der Waals surface area contributed by atoms with Crippen LogP contribution in [0.3, 0.4) is 0 Å². The molecular formula is C17H27N3O3S. The molecule has 2 aliphatic rings. The highest BCUT2D eigenvalue weighted by molar-refractivity contribution is 7.07. The van der Waals surface area contributed by atoms with Crippen molar-refractivity contribution in [2.75, 3.05) is 32.8 Å². The molecule has 0 saturated carbocycles. The van der Waals surface area contributed by atoms with Crippen molar-refractivity contribution >= 4 is 17.2 Å². The first-order chi connectivity index (χ1) is 11.8. The number of nitrogens with zero attached hydrogens (tertiary/aromatic N) is 2. The number of carbonyl (C=O) groups excluding carboxylic acids is 1.